The van der Waals surface area contributed by atoms with Gasteiger partial charge in [0, 0.05) is 11.8 Å². The van der Waals surface area contributed by atoms with Crippen LogP contribution in [-0.4, -0.2) is 17.2 Å². The molecule has 3 aromatic rings. The van der Waals surface area contributed by atoms with Crippen LogP contribution in [0, 0.1) is 5.41 Å². The summed E-state index contributed by atoms with van der Waals surface area (Å²) in [6.07, 6.45) is 1.26. The van der Waals surface area contributed by atoms with Gasteiger partial charge in [0.2, 0.25) is 5.91 Å². The molecule has 0 radical (unpaired) electrons. The van der Waals surface area contributed by atoms with Crippen molar-refractivity contribution in [3.63, 3.8) is 0 Å². The number of carbonyl (C=O) groups excluding carboxylic acids is 1. The van der Waals surface area contributed by atoms with Crippen LogP contribution >= 0.6 is 23.2 Å². The molecule has 0 atom stereocenters. The van der Waals surface area contributed by atoms with Crippen molar-refractivity contribution in [2.24, 2.45) is 5.73 Å². The van der Waals surface area contributed by atoms with E-state index in [1.165, 1.54) is 30.0 Å². The zero-order valence-electron chi connectivity index (χ0n) is 17.2. The summed E-state index contributed by atoms with van der Waals surface area (Å²) < 4.78 is 5.72. The van der Waals surface area contributed by atoms with Gasteiger partial charge in [-0.1, -0.05) is 61.3 Å². The fourth-order valence-electron chi connectivity index (χ4n) is 2.54. The molecule has 0 unspecified atom stereocenters. The Morgan fingerprint density at radius 1 is 1.06 bits per heavy atom. The largest absolute Gasteiger partial charge is 0.506 e. The minimum atomic E-state index is -0.563. The Morgan fingerprint density at radius 3 is 2.26 bits per heavy atom. The Hall–Kier alpha value is -3.02. The second kappa shape index (κ2) is 11.4. The van der Waals surface area contributed by atoms with Crippen molar-refractivity contribution in [3.8, 4) is 11.5 Å². The van der Waals surface area contributed by atoms with Gasteiger partial charge in [0.25, 0.3) is 0 Å². The summed E-state index contributed by atoms with van der Waals surface area (Å²) in [5, 5.41) is 16.8. The minimum Gasteiger partial charge on any atom is -0.506 e. The van der Waals surface area contributed by atoms with Crippen LogP contribution in [0.15, 0.2) is 60.7 Å². The second-order valence-corrected chi connectivity index (χ2v) is 7.86. The highest BCUT2D eigenvalue weighted by Gasteiger charge is 2.04. The molecule has 162 valence electrons. The van der Waals surface area contributed by atoms with Crippen molar-refractivity contribution < 1.29 is 14.6 Å². The van der Waals surface area contributed by atoms with E-state index >= 15 is 0 Å². The van der Waals surface area contributed by atoms with Crippen LogP contribution in [0.3, 0.4) is 0 Å². The predicted molar refractivity (Wildman–Crippen MR) is 126 cm³/mol. The molecule has 1 amide bonds. The molecular weight excluding hydrogens is 435 g/mol. The number of phenolic OH excluding ortho intramolecular Hbond substituents is 1. The number of nitrogens with two attached hydrogens (primary N) is 1. The summed E-state index contributed by atoms with van der Waals surface area (Å²) in [7, 11) is 0. The molecule has 5 nitrogen and oxygen atoms in total. The maximum Gasteiger partial charge on any atom is 0.248 e. The van der Waals surface area contributed by atoms with Gasteiger partial charge in [0.15, 0.2) is 0 Å². The van der Waals surface area contributed by atoms with Crippen molar-refractivity contribution in [3.05, 3.63) is 93.0 Å². The monoisotopic (exact) mass is 458 g/mol. The Labute approximate surface area is 191 Å². The number of rotatable bonds is 6. The number of benzene rings is 3. The van der Waals surface area contributed by atoms with E-state index in [0.717, 1.165) is 11.1 Å². The highest BCUT2D eigenvalue weighted by atomic mass is 35.5. The third kappa shape index (κ3) is 7.31. The number of hydrogen-bond acceptors (Lipinski definition) is 4. The van der Waals surface area contributed by atoms with Crippen LogP contribution in [0.5, 0.6) is 11.5 Å². The lowest BCUT2D eigenvalue weighted by molar-refractivity contribution is 0.100. The third-order valence-electron chi connectivity index (χ3n) is 4.40. The van der Waals surface area contributed by atoms with Crippen molar-refractivity contribution in [2.75, 3.05) is 0 Å². The molecule has 4 N–H and O–H groups in total. The van der Waals surface area contributed by atoms with Crippen molar-refractivity contribution in [1.82, 2.24) is 0 Å². The SMILES string of the molecule is CC(C)c1ccc(COc2ccc(C=N)cc2Cl)cc1.NC(=O)c1ccc(O)c(Cl)c1. The number of aromatic hydroxyl groups is 1. The maximum atomic E-state index is 10.5. The van der Waals surface area contributed by atoms with Gasteiger partial charge in [-0.05, 0) is 59.0 Å². The number of amides is 1. The van der Waals surface area contributed by atoms with Gasteiger partial charge < -0.3 is 21.0 Å². The van der Waals surface area contributed by atoms with E-state index in [1.54, 1.807) is 12.1 Å². The first kappa shape index (κ1) is 24.3. The van der Waals surface area contributed by atoms with Gasteiger partial charge in [0.1, 0.15) is 18.1 Å². The van der Waals surface area contributed by atoms with Gasteiger partial charge in [0.05, 0.1) is 10.0 Å². The standard InChI is InChI=1S/C17H18ClNO.C7H6ClNO2/c1-12(2)15-6-3-13(4-7-15)11-20-17-8-5-14(10-19)9-16(17)18;8-5-3-4(7(9)11)1-2-6(5)10/h3-10,12,19H,11H2,1-2H3;1-3,10H,(H2,9,11). The molecule has 3 aromatic carbocycles. The van der Waals surface area contributed by atoms with Crippen molar-refractivity contribution in [2.45, 2.75) is 26.4 Å². The normalized spacial score (nSPS) is 10.2. The average Bonchev–Trinajstić information content (AvgIpc) is 2.75. The van der Waals surface area contributed by atoms with Crippen LogP contribution in [0.25, 0.3) is 0 Å². The predicted octanol–water partition coefficient (Wildman–Crippen LogP) is 6.18. The van der Waals surface area contributed by atoms with E-state index in [4.69, 9.17) is 44.2 Å². The average molecular weight is 459 g/mol. The molecule has 0 aliphatic heterocycles. The number of nitrogens with one attached hydrogen (secondary N) is 1. The summed E-state index contributed by atoms with van der Waals surface area (Å²) >= 11 is 11.6. The number of carbonyl (C=O) groups is 1. The molecule has 0 spiro atoms. The van der Waals surface area contributed by atoms with Gasteiger partial charge in [-0.15, -0.1) is 0 Å². The Kier molecular flexibility index (Phi) is 8.91. The molecule has 0 bridgehead atoms. The zero-order chi connectivity index (χ0) is 23.0. The van der Waals surface area contributed by atoms with Gasteiger partial charge in [-0.2, -0.15) is 0 Å². The first-order valence-electron chi connectivity index (χ1n) is 9.51. The summed E-state index contributed by atoms with van der Waals surface area (Å²) in [5.74, 6) is 0.557. The molecule has 7 heteroatoms. The van der Waals surface area contributed by atoms with Gasteiger partial charge in [-0.25, -0.2) is 0 Å². The van der Waals surface area contributed by atoms with E-state index in [-0.39, 0.29) is 16.3 Å². The minimum absolute atomic E-state index is 0.0586. The molecule has 31 heavy (non-hydrogen) atoms. The van der Waals surface area contributed by atoms with Crippen LogP contribution in [0.2, 0.25) is 10.0 Å². The summed E-state index contributed by atoms with van der Waals surface area (Å²) in [6, 6.07) is 17.8. The fraction of sp³-hybridized carbons (Fsp3) is 0.167. The quantitative estimate of drug-likeness (QED) is 0.384. The van der Waals surface area contributed by atoms with Gasteiger partial charge >= 0.3 is 0 Å². The summed E-state index contributed by atoms with van der Waals surface area (Å²) in [5.41, 5.74) is 8.44. The van der Waals surface area contributed by atoms with Crippen LogP contribution in [0.1, 0.15) is 46.8 Å². The smallest absolute Gasteiger partial charge is 0.248 e. The van der Waals surface area contributed by atoms with Crippen LogP contribution in [0.4, 0.5) is 0 Å². The molecule has 0 saturated heterocycles. The van der Waals surface area contributed by atoms with E-state index in [1.807, 2.05) is 6.07 Å². The highest BCUT2D eigenvalue weighted by Crippen LogP contribution is 2.26. The van der Waals surface area contributed by atoms with E-state index in [0.29, 0.717) is 23.3 Å². The molecule has 0 aromatic heterocycles. The highest BCUT2D eigenvalue weighted by molar-refractivity contribution is 6.32. The molecule has 3 rings (SSSR count). The van der Waals surface area contributed by atoms with E-state index in [9.17, 15) is 4.79 Å². The fourth-order valence-corrected chi connectivity index (χ4v) is 2.97. The second-order valence-electron chi connectivity index (χ2n) is 7.05. The Morgan fingerprint density at radius 2 is 1.74 bits per heavy atom. The number of hydrogen-bond donors (Lipinski definition) is 3. The molecular formula is C24H24Cl2N2O3. The summed E-state index contributed by atoms with van der Waals surface area (Å²) in [4.78, 5) is 10.5. The lowest BCUT2D eigenvalue weighted by Crippen LogP contribution is -2.10. The number of halogens is 2. The zero-order valence-corrected chi connectivity index (χ0v) is 18.7. The lowest BCUT2D eigenvalue weighted by Gasteiger charge is -2.10. The molecule has 0 saturated carbocycles. The Balaban J connectivity index is 0.000000262. The first-order valence-corrected chi connectivity index (χ1v) is 10.3. The number of primary amides is 1. The van der Waals surface area contributed by atoms with Crippen LogP contribution in [-0.2, 0) is 6.61 Å². The molecule has 0 heterocycles. The first-order chi connectivity index (χ1) is 14.7. The molecule has 0 fully saturated rings. The lowest BCUT2D eigenvalue weighted by atomic mass is 10.0. The van der Waals surface area contributed by atoms with Crippen LogP contribution < -0.4 is 10.5 Å². The third-order valence-corrected chi connectivity index (χ3v) is 4.99. The van der Waals surface area contributed by atoms with E-state index in [2.05, 4.69) is 38.1 Å². The van der Waals surface area contributed by atoms with Crippen molar-refractivity contribution >= 4 is 35.3 Å². The number of ether oxygens (including phenoxy) is 1. The van der Waals surface area contributed by atoms with Crippen molar-refractivity contribution in [1.29, 1.82) is 5.41 Å². The maximum absolute atomic E-state index is 10.5. The molecule has 0 aliphatic rings. The topological polar surface area (TPSA) is 96.4 Å². The molecule has 0 aliphatic carbocycles. The number of phenols is 1. The summed E-state index contributed by atoms with van der Waals surface area (Å²) in [6.45, 7) is 4.84. The van der Waals surface area contributed by atoms with E-state index < -0.39 is 5.91 Å². The Bertz CT molecular complexity index is 1050. The van der Waals surface area contributed by atoms with Gasteiger partial charge in [-0.3, -0.25) is 4.79 Å².